The highest BCUT2D eigenvalue weighted by molar-refractivity contribution is 6.04. The Bertz CT molecular complexity index is 1000. The normalized spacial score (nSPS) is 12.2. The van der Waals surface area contributed by atoms with E-state index in [1.165, 1.54) is 7.11 Å². The van der Waals surface area contributed by atoms with Gasteiger partial charge in [0, 0.05) is 18.3 Å². The van der Waals surface area contributed by atoms with Gasteiger partial charge in [-0.2, -0.15) is 0 Å². The number of rotatable bonds is 5. The lowest BCUT2D eigenvalue weighted by molar-refractivity contribution is 0.0599. The van der Waals surface area contributed by atoms with Crippen LogP contribution in [0.3, 0.4) is 0 Å². The van der Waals surface area contributed by atoms with Crippen molar-refractivity contribution in [1.29, 1.82) is 0 Å². The Balaban J connectivity index is 1.84. The average Bonchev–Trinajstić information content (AvgIpc) is 3.11. The number of H-pyrrole nitrogens is 1. The molecular formula is C19H21N3O4. The van der Waals surface area contributed by atoms with Gasteiger partial charge in [0.15, 0.2) is 11.5 Å². The van der Waals surface area contributed by atoms with Crippen molar-refractivity contribution in [2.75, 3.05) is 12.4 Å². The van der Waals surface area contributed by atoms with Gasteiger partial charge in [0.05, 0.1) is 24.4 Å². The first-order valence-electron chi connectivity index (χ1n) is 8.27. The monoisotopic (exact) mass is 355 g/mol. The van der Waals surface area contributed by atoms with Gasteiger partial charge in [-0.05, 0) is 44.5 Å². The number of oxazole rings is 1. The standard InChI is InChI=1S/C19H21N3O4/c1-9-16(19(24)25-5)10(2)21-17(9)18(23)11(3)20-13-6-7-15-14(8-13)22-12(4)26-15/h6-8,11,20-21H,1-5H3. The highest BCUT2D eigenvalue weighted by Crippen LogP contribution is 2.23. The third-order valence-electron chi connectivity index (χ3n) is 4.34. The predicted octanol–water partition coefficient (Wildman–Crippen LogP) is 3.55. The molecule has 1 aromatic carbocycles. The van der Waals surface area contributed by atoms with Crippen LogP contribution in [-0.2, 0) is 4.74 Å². The van der Waals surface area contributed by atoms with Gasteiger partial charge in [-0.25, -0.2) is 9.78 Å². The van der Waals surface area contributed by atoms with Crippen molar-refractivity contribution in [3.63, 3.8) is 0 Å². The Morgan fingerprint density at radius 2 is 2.00 bits per heavy atom. The first-order valence-corrected chi connectivity index (χ1v) is 8.27. The second-order valence-corrected chi connectivity index (χ2v) is 6.26. The molecule has 0 saturated carbocycles. The van der Waals surface area contributed by atoms with Crippen molar-refractivity contribution in [1.82, 2.24) is 9.97 Å². The largest absolute Gasteiger partial charge is 0.465 e. The van der Waals surface area contributed by atoms with Crippen molar-refractivity contribution in [3.05, 3.63) is 46.6 Å². The number of anilines is 1. The highest BCUT2D eigenvalue weighted by atomic mass is 16.5. The zero-order valence-electron chi connectivity index (χ0n) is 15.4. The molecule has 0 radical (unpaired) electrons. The van der Waals surface area contributed by atoms with Crippen LogP contribution in [0.2, 0.25) is 0 Å². The lowest BCUT2D eigenvalue weighted by Gasteiger charge is -2.14. The number of hydrogen-bond acceptors (Lipinski definition) is 6. The van der Waals surface area contributed by atoms with Gasteiger partial charge in [-0.15, -0.1) is 0 Å². The lowest BCUT2D eigenvalue weighted by atomic mass is 10.0. The zero-order chi connectivity index (χ0) is 19.0. The highest BCUT2D eigenvalue weighted by Gasteiger charge is 2.25. The second-order valence-electron chi connectivity index (χ2n) is 6.26. The molecule has 0 aliphatic heterocycles. The summed E-state index contributed by atoms with van der Waals surface area (Å²) < 4.78 is 10.2. The van der Waals surface area contributed by atoms with E-state index >= 15 is 0 Å². The molecule has 3 rings (SSSR count). The summed E-state index contributed by atoms with van der Waals surface area (Å²) in [5.41, 5.74) is 4.21. The zero-order valence-corrected chi connectivity index (χ0v) is 15.4. The van der Waals surface area contributed by atoms with Crippen LogP contribution in [0.4, 0.5) is 5.69 Å². The van der Waals surface area contributed by atoms with Crippen LogP contribution >= 0.6 is 0 Å². The van der Waals surface area contributed by atoms with Crippen LogP contribution in [-0.4, -0.2) is 34.9 Å². The second kappa shape index (κ2) is 6.67. The van der Waals surface area contributed by atoms with E-state index in [9.17, 15) is 9.59 Å². The number of fused-ring (bicyclic) bond motifs is 1. The summed E-state index contributed by atoms with van der Waals surface area (Å²) in [6.07, 6.45) is 0. The molecule has 0 aliphatic carbocycles. The predicted molar refractivity (Wildman–Crippen MR) is 97.8 cm³/mol. The molecule has 0 aliphatic rings. The first-order chi connectivity index (χ1) is 12.3. The van der Waals surface area contributed by atoms with Crippen LogP contribution in [0.25, 0.3) is 11.1 Å². The number of nitrogens with one attached hydrogen (secondary N) is 2. The Morgan fingerprint density at radius 3 is 2.69 bits per heavy atom. The molecule has 0 fully saturated rings. The summed E-state index contributed by atoms with van der Waals surface area (Å²) >= 11 is 0. The Kier molecular flexibility index (Phi) is 4.54. The minimum Gasteiger partial charge on any atom is -0.465 e. The number of Topliss-reactive ketones (excluding diaryl/α,β-unsaturated/α-hetero) is 1. The number of methoxy groups -OCH3 is 1. The number of nitrogens with zero attached hydrogens (tertiary/aromatic N) is 1. The van der Waals surface area contributed by atoms with E-state index in [0.717, 1.165) is 11.2 Å². The molecule has 2 N–H and O–H groups in total. The molecule has 0 spiro atoms. The molecule has 26 heavy (non-hydrogen) atoms. The average molecular weight is 355 g/mol. The Hall–Kier alpha value is -3.09. The Labute approximate surface area is 150 Å². The van der Waals surface area contributed by atoms with Crippen LogP contribution in [0.15, 0.2) is 22.6 Å². The van der Waals surface area contributed by atoms with E-state index in [1.807, 2.05) is 18.2 Å². The smallest absolute Gasteiger partial charge is 0.339 e. The Morgan fingerprint density at radius 1 is 1.27 bits per heavy atom. The van der Waals surface area contributed by atoms with Crippen molar-refractivity contribution >= 4 is 28.5 Å². The molecule has 2 heterocycles. The number of benzene rings is 1. The topological polar surface area (TPSA) is 97.2 Å². The fourth-order valence-corrected chi connectivity index (χ4v) is 3.07. The van der Waals surface area contributed by atoms with Crippen molar-refractivity contribution in [3.8, 4) is 0 Å². The first kappa shape index (κ1) is 17.7. The van der Waals surface area contributed by atoms with E-state index in [-0.39, 0.29) is 5.78 Å². The molecule has 2 aromatic heterocycles. The number of aromatic nitrogens is 2. The number of ether oxygens (including phenoxy) is 1. The fourth-order valence-electron chi connectivity index (χ4n) is 3.07. The SMILES string of the molecule is COC(=O)c1c(C)[nH]c(C(=O)C(C)Nc2ccc3oc(C)nc3c2)c1C. The minimum absolute atomic E-state index is 0.141. The van der Waals surface area contributed by atoms with Gasteiger partial charge in [-0.1, -0.05) is 0 Å². The number of carbonyl (C=O) groups excluding carboxylic acids is 2. The van der Waals surface area contributed by atoms with E-state index < -0.39 is 12.0 Å². The number of esters is 1. The molecular weight excluding hydrogens is 334 g/mol. The summed E-state index contributed by atoms with van der Waals surface area (Å²) in [4.78, 5) is 32.0. The number of aromatic amines is 1. The number of carbonyl (C=O) groups is 2. The van der Waals surface area contributed by atoms with Gasteiger partial charge < -0.3 is 19.5 Å². The number of ketones is 1. The number of hydrogen-bond donors (Lipinski definition) is 2. The van der Waals surface area contributed by atoms with Gasteiger partial charge in [-0.3, -0.25) is 4.79 Å². The maximum Gasteiger partial charge on any atom is 0.339 e. The molecule has 7 nitrogen and oxygen atoms in total. The lowest BCUT2D eigenvalue weighted by Crippen LogP contribution is -2.27. The third-order valence-corrected chi connectivity index (χ3v) is 4.34. The molecule has 0 saturated heterocycles. The summed E-state index contributed by atoms with van der Waals surface area (Å²) in [5, 5.41) is 3.17. The molecule has 7 heteroatoms. The van der Waals surface area contributed by atoms with Crippen LogP contribution < -0.4 is 5.32 Å². The van der Waals surface area contributed by atoms with Crippen molar-refractivity contribution < 1.29 is 18.7 Å². The molecule has 0 bridgehead atoms. The van der Waals surface area contributed by atoms with Crippen LogP contribution in [0.5, 0.6) is 0 Å². The van der Waals surface area contributed by atoms with E-state index in [1.54, 1.807) is 27.7 Å². The summed E-state index contributed by atoms with van der Waals surface area (Å²) in [6, 6.07) is 4.99. The number of aryl methyl sites for hydroxylation is 2. The maximum absolute atomic E-state index is 12.8. The van der Waals surface area contributed by atoms with Crippen LogP contribution in [0, 0.1) is 20.8 Å². The molecule has 3 aromatic rings. The van der Waals surface area contributed by atoms with Crippen molar-refractivity contribution in [2.45, 2.75) is 33.7 Å². The van der Waals surface area contributed by atoms with E-state index in [4.69, 9.17) is 9.15 Å². The fraction of sp³-hybridized carbons (Fsp3) is 0.316. The summed E-state index contributed by atoms with van der Waals surface area (Å²) in [6.45, 7) is 7.04. The van der Waals surface area contributed by atoms with E-state index in [0.29, 0.717) is 34.0 Å². The van der Waals surface area contributed by atoms with Gasteiger partial charge >= 0.3 is 5.97 Å². The maximum atomic E-state index is 12.8. The van der Waals surface area contributed by atoms with Gasteiger partial charge in [0.1, 0.15) is 5.52 Å². The third kappa shape index (κ3) is 3.08. The minimum atomic E-state index is -0.498. The summed E-state index contributed by atoms with van der Waals surface area (Å²) in [5.74, 6) is -0.00551. The molecule has 1 unspecified atom stereocenters. The van der Waals surface area contributed by atoms with Crippen LogP contribution in [0.1, 0.15) is 44.9 Å². The summed E-state index contributed by atoms with van der Waals surface area (Å²) in [7, 11) is 1.32. The molecule has 136 valence electrons. The molecule has 1 atom stereocenters. The van der Waals surface area contributed by atoms with Gasteiger partial charge in [0.2, 0.25) is 5.78 Å². The van der Waals surface area contributed by atoms with Crippen molar-refractivity contribution in [2.24, 2.45) is 0 Å². The quantitative estimate of drug-likeness (QED) is 0.536. The molecule has 0 amide bonds. The van der Waals surface area contributed by atoms with E-state index in [2.05, 4.69) is 15.3 Å². The van der Waals surface area contributed by atoms with Gasteiger partial charge in [0.25, 0.3) is 0 Å².